The first-order valence-electron chi connectivity index (χ1n) is 35.6. The van der Waals surface area contributed by atoms with Gasteiger partial charge in [-0.05, 0) is 19.3 Å². The van der Waals surface area contributed by atoms with Crippen LogP contribution >= 0.6 is 7.82 Å². The second-order valence-corrected chi connectivity index (χ2v) is 27.4. The van der Waals surface area contributed by atoms with Crippen LogP contribution in [0.15, 0.2) is 12.2 Å². The molecule has 0 spiro atoms. The van der Waals surface area contributed by atoms with Gasteiger partial charge in [0.2, 0.25) is 5.91 Å². The number of nitrogens with one attached hydrogen (secondary N) is 1. The monoisotopic (exact) mass is 1140 g/mol. The lowest BCUT2D eigenvalue weighted by molar-refractivity contribution is -0.870. The number of quaternary nitrogens is 1. The summed E-state index contributed by atoms with van der Waals surface area (Å²) in [5.74, 6) is -0.187. The molecule has 0 bridgehead atoms. The van der Waals surface area contributed by atoms with E-state index in [0.717, 1.165) is 38.5 Å². The van der Waals surface area contributed by atoms with Gasteiger partial charge in [-0.25, -0.2) is 0 Å². The van der Waals surface area contributed by atoms with E-state index in [2.05, 4.69) is 19.2 Å². The van der Waals surface area contributed by atoms with Crippen LogP contribution < -0.4 is 10.2 Å². The summed E-state index contributed by atoms with van der Waals surface area (Å²) in [5.41, 5.74) is 0. The van der Waals surface area contributed by atoms with Crippen LogP contribution in [-0.2, 0) is 18.4 Å². The van der Waals surface area contributed by atoms with E-state index < -0.39 is 20.0 Å². The molecule has 3 unspecified atom stereocenters. The molecule has 9 heteroatoms. The molecule has 0 radical (unpaired) electrons. The summed E-state index contributed by atoms with van der Waals surface area (Å²) >= 11 is 0. The number of phosphoric ester groups is 1. The maximum atomic E-state index is 13.0. The zero-order chi connectivity index (χ0) is 57.7. The highest BCUT2D eigenvalue weighted by atomic mass is 31.2. The lowest BCUT2D eigenvalue weighted by atomic mass is 10.0. The van der Waals surface area contributed by atoms with E-state index in [9.17, 15) is 19.4 Å². The van der Waals surface area contributed by atoms with E-state index in [1.54, 1.807) is 6.08 Å². The maximum Gasteiger partial charge on any atom is 0.268 e. The Hall–Kier alpha value is -0.760. The quantitative estimate of drug-likeness (QED) is 0.0272. The fraction of sp³-hybridized carbons (Fsp3) is 0.957. The van der Waals surface area contributed by atoms with Gasteiger partial charge in [0.1, 0.15) is 13.2 Å². The smallest absolute Gasteiger partial charge is 0.268 e. The number of hydrogen-bond acceptors (Lipinski definition) is 6. The summed E-state index contributed by atoms with van der Waals surface area (Å²) in [6.07, 6.45) is 79.2. The number of hydrogen-bond donors (Lipinski definition) is 2. The molecule has 79 heavy (non-hydrogen) atoms. The molecule has 3 atom stereocenters. The molecule has 0 saturated heterocycles. The van der Waals surface area contributed by atoms with Gasteiger partial charge in [0.25, 0.3) is 7.82 Å². The highest BCUT2D eigenvalue weighted by Crippen LogP contribution is 2.38. The number of likely N-dealkylation sites (N-methyl/N-ethyl adjacent to an activating group) is 1. The Labute approximate surface area is 494 Å². The van der Waals surface area contributed by atoms with Crippen LogP contribution in [0.5, 0.6) is 0 Å². The summed E-state index contributed by atoms with van der Waals surface area (Å²) in [6.45, 7) is 4.72. The Bertz CT molecular complexity index is 1290. The van der Waals surface area contributed by atoms with Crippen molar-refractivity contribution in [3.05, 3.63) is 12.2 Å². The van der Waals surface area contributed by atoms with E-state index in [4.69, 9.17) is 9.05 Å². The van der Waals surface area contributed by atoms with Crippen molar-refractivity contribution >= 4 is 13.7 Å². The molecule has 8 nitrogen and oxygen atoms in total. The zero-order valence-corrected chi connectivity index (χ0v) is 55.0. The van der Waals surface area contributed by atoms with Crippen LogP contribution in [0, 0.1) is 0 Å². The maximum absolute atomic E-state index is 13.0. The van der Waals surface area contributed by atoms with E-state index >= 15 is 0 Å². The molecule has 0 aromatic carbocycles. The van der Waals surface area contributed by atoms with Crippen LogP contribution in [0.4, 0.5) is 0 Å². The van der Waals surface area contributed by atoms with Crippen LogP contribution in [0.25, 0.3) is 0 Å². The highest BCUT2D eigenvalue weighted by Gasteiger charge is 2.23. The lowest BCUT2D eigenvalue weighted by Crippen LogP contribution is -2.45. The Kier molecular flexibility index (Phi) is 61.2. The summed E-state index contributed by atoms with van der Waals surface area (Å²) < 4.78 is 23.5. The van der Waals surface area contributed by atoms with Crippen LogP contribution in [0.1, 0.15) is 380 Å². The van der Waals surface area contributed by atoms with Gasteiger partial charge < -0.3 is 28.8 Å². The SMILES string of the molecule is CCCCCCCCCCCCCCCCCCCCC/C=C/C(O)C(COP(=O)([O-])OCC[N+](C)(C)C)NC(=O)CCCCCCCCCCCCCCCCCCCCCCCCCCCCCCCCCCCCCC. The minimum atomic E-state index is -4.60. The number of carbonyl (C=O) groups is 1. The molecule has 0 aromatic heterocycles. The summed E-state index contributed by atoms with van der Waals surface area (Å²) in [5, 5.41) is 14.0. The second kappa shape index (κ2) is 61.8. The van der Waals surface area contributed by atoms with E-state index in [1.165, 1.54) is 321 Å². The van der Waals surface area contributed by atoms with Crippen molar-refractivity contribution in [2.24, 2.45) is 0 Å². The molecule has 0 fully saturated rings. The van der Waals surface area contributed by atoms with Crippen LogP contribution in [0.3, 0.4) is 0 Å². The number of carbonyl (C=O) groups excluding carboxylic acids is 1. The molecular formula is C70H141N2O6P. The van der Waals surface area contributed by atoms with Crippen molar-refractivity contribution in [1.29, 1.82) is 0 Å². The Morgan fingerprint density at radius 3 is 0.949 bits per heavy atom. The normalized spacial score (nSPS) is 13.7. The van der Waals surface area contributed by atoms with Crippen molar-refractivity contribution in [3.8, 4) is 0 Å². The zero-order valence-electron chi connectivity index (χ0n) is 54.1. The Morgan fingerprint density at radius 2 is 0.684 bits per heavy atom. The van der Waals surface area contributed by atoms with Gasteiger partial charge in [-0.15, -0.1) is 0 Å². The fourth-order valence-corrected chi connectivity index (χ4v) is 11.9. The van der Waals surface area contributed by atoms with E-state index in [-0.39, 0.29) is 19.1 Å². The van der Waals surface area contributed by atoms with Gasteiger partial charge in [-0.2, -0.15) is 0 Å². The molecular weight excluding hydrogens is 996 g/mol. The fourth-order valence-electron chi connectivity index (χ4n) is 11.2. The first-order chi connectivity index (χ1) is 38.5. The van der Waals surface area contributed by atoms with Crippen molar-refractivity contribution in [3.63, 3.8) is 0 Å². The molecule has 0 aliphatic rings. The summed E-state index contributed by atoms with van der Waals surface area (Å²) in [7, 11) is 1.28. The molecule has 0 heterocycles. The van der Waals surface area contributed by atoms with Gasteiger partial charge >= 0.3 is 0 Å². The topological polar surface area (TPSA) is 108 Å². The number of aliphatic hydroxyl groups is 1. The third-order valence-corrected chi connectivity index (χ3v) is 17.7. The van der Waals surface area contributed by atoms with Gasteiger partial charge in [0.05, 0.1) is 39.9 Å². The minimum Gasteiger partial charge on any atom is -0.756 e. The number of aliphatic hydroxyl groups excluding tert-OH is 1. The molecule has 2 N–H and O–H groups in total. The predicted molar refractivity (Wildman–Crippen MR) is 344 cm³/mol. The van der Waals surface area contributed by atoms with Gasteiger partial charge in [-0.3, -0.25) is 9.36 Å². The molecule has 0 aliphatic heterocycles. The average molecular weight is 1140 g/mol. The molecule has 1 amide bonds. The minimum absolute atomic E-state index is 0.00294. The molecule has 0 rings (SSSR count). The molecule has 472 valence electrons. The van der Waals surface area contributed by atoms with E-state index in [0.29, 0.717) is 17.4 Å². The number of allylic oxidation sites excluding steroid dienone is 1. The van der Waals surface area contributed by atoms with E-state index in [1.807, 2.05) is 27.2 Å². The second-order valence-electron chi connectivity index (χ2n) is 26.0. The van der Waals surface area contributed by atoms with Crippen molar-refractivity contribution in [2.75, 3.05) is 40.9 Å². The summed E-state index contributed by atoms with van der Waals surface area (Å²) in [4.78, 5) is 25.6. The first kappa shape index (κ1) is 78.2. The van der Waals surface area contributed by atoms with Gasteiger partial charge in [-0.1, -0.05) is 366 Å². The lowest BCUT2D eigenvalue weighted by Gasteiger charge is -2.29. The standard InChI is InChI=1S/C70H141N2O6P/c1-6-8-10-12-14-16-18-20-22-24-26-28-29-30-31-32-33-34-35-36-37-38-39-40-41-42-44-46-48-50-52-54-56-58-60-62-64-70(74)71-68(67-78-79(75,76)77-66-65-72(3,4)5)69(73)63-61-59-57-55-53-51-49-47-45-43-27-25-23-21-19-17-15-13-11-9-7-2/h61,63,68-69,73H,6-60,62,64-67H2,1-5H3,(H-,71,74,75,76)/b63-61+. The predicted octanol–water partition coefficient (Wildman–Crippen LogP) is 21.9. The van der Waals surface area contributed by atoms with Crippen molar-refractivity contribution in [2.45, 2.75) is 392 Å². The number of rotatable bonds is 67. The number of amides is 1. The third kappa shape index (κ3) is 64.7. The largest absolute Gasteiger partial charge is 0.756 e. The Morgan fingerprint density at radius 1 is 0.430 bits per heavy atom. The summed E-state index contributed by atoms with van der Waals surface area (Å²) in [6, 6.07) is -0.883. The van der Waals surface area contributed by atoms with Crippen LogP contribution in [0.2, 0.25) is 0 Å². The number of nitrogens with zero attached hydrogens (tertiary/aromatic N) is 1. The average Bonchev–Trinajstić information content (AvgIpc) is 3.42. The Balaban J connectivity index is 3.94. The van der Waals surface area contributed by atoms with Crippen molar-refractivity contribution < 1.29 is 32.9 Å². The molecule has 0 saturated carbocycles. The van der Waals surface area contributed by atoms with Gasteiger partial charge in [0, 0.05) is 6.42 Å². The first-order valence-corrected chi connectivity index (χ1v) is 37.0. The number of unbranched alkanes of at least 4 members (excludes halogenated alkanes) is 54. The molecule has 0 aliphatic carbocycles. The number of phosphoric acid groups is 1. The molecule has 0 aromatic rings. The van der Waals surface area contributed by atoms with Crippen LogP contribution in [-0.4, -0.2) is 68.5 Å². The van der Waals surface area contributed by atoms with Gasteiger partial charge in [0.15, 0.2) is 0 Å². The van der Waals surface area contributed by atoms with Crippen molar-refractivity contribution in [1.82, 2.24) is 5.32 Å². The third-order valence-electron chi connectivity index (χ3n) is 16.7. The highest BCUT2D eigenvalue weighted by molar-refractivity contribution is 7.45.